The van der Waals surface area contributed by atoms with Crippen molar-refractivity contribution in [1.29, 1.82) is 0 Å². The quantitative estimate of drug-likeness (QED) is 0.487. The maximum atomic E-state index is 11.2. The van der Waals surface area contributed by atoms with Gasteiger partial charge >= 0.3 is 5.97 Å². The van der Waals surface area contributed by atoms with E-state index in [1.807, 2.05) is 42.5 Å². The average Bonchev–Trinajstić information content (AvgIpc) is 3.19. The van der Waals surface area contributed by atoms with Crippen LogP contribution in [0.5, 0.6) is 0 Å². The number of rotatable bonds is 4. The fourth-order valence-electron chi connectivity index (χ4n) is 3.59. The summed E-state index contributed by atoms with van der Waals surface area (Å²) in [6, 6.07) is 17.4. The van der Waals surface area contributed by atoms with Gasteiger partial charge in [-0.3, -0.25) is 0 Å². The number of hydrogen-bond acceptors (Lipinski definition) is 4. The number of methoxy groups -OCH3 is 1. The van der Waals surface area contributed by atoms with Crippen LogP contribution in [-0.4, -0.2) is 32.1 Å². The van der Waals surface area contributed by atoms with Crippen molar-refractivity contribution < 1.29 is 19.0 Å². The topological polar surface area (TPSA) is 44.8 Å². The van der Waals surface area contributed by atoms with Crippen LogP contribution in [0.4, 0.5) is 0 Å². The van der Waals surface area contributed by atoms with Gasteiger partial charge in [-0.1, -0.05) is 54.6 Å². The molecule has 29 heavy (non-hydrogen) atoms. The van der Waals surface area contributed by atoms with Gasteiger partial charge in [-0.05, 0) is 61.8 Å². The minimum absolute atomic E-state index is 0.0737. The summed E-state index contributed by atoms with van der Waals surface area (Å²) >= 11 is 0. The molecule has 0 spiro atoms. The highest BCUT2D eigenvalue weighted by Crippen LogP contribution is 2.28. The summed E-state index contributed by atoms with van der Waals surface area (Å²) in [5.74, 6) is -0.306. The molecule has 2 aromatic carbocycles. The molecule has 2 fully saturated rings. The molecule has 1 saturated heterocycles. The number of benzene rings is 2. The van der Waals surface area contributed by atoms with Gasteiger partial charge in [-0.25, -0.2) is 4.79 Å². The van der Waals surface area contributed by atoms with E-state index in [2.05, 4.69) is 11.3 Å². The Kier molecular flexibility index (Phi) is 8.03. The molecular formula is C25H30O4. The van der Waals surface area contributed by atoms with Gasteiger partial charge in [0.2, 0.25) is 0 Å². The molecule has 1 aliphatic carbocycles. The van der Waals surface area contributed by atoms with Crippen LogP contribution in [0.1, 0.15) is 48.9 Å². The summed E-state index contributed by atoms with van der Waals surface area (Å²) in [6.45, 7) is 4.85. The second kappa shape index (κ2) is 10.9. The minimum Gasteiger partial charge on any atom is -0.465 e. The second-order valence-corrected chi connectivity index (χ2v) is 7.48. The van der Waals surface area contributed by atoms with E-state index in [0.717, 1.165) is 43.4 Å². The molecule has 2 aliphatic rings. The van der Waals surface area contributed by atoms with Crippen LogP contribution in [-0.2, 0) is 14.2 Å². The molecule has 1 heterocycles. The summed E-state index contributed by atoms with van der Waals surface area (Å²) in [5.41, 5.74) is 4.13. The number of carbonyl (C=O) groups is 1. The Balaban J connectivity index is 0.000000169. The van der Waals surface area contributed by atoms with E-state index >= 15 is 0 Å². The Hall–Kier alpha value is -2.43. The molecule has 1 aliphatic heterocycles. The predicted molar refractivity (Wildman–Crippen MR) is 115 cm³/mol. The van der Waals surface area contributed by atoms with Crippen molar-refractivity contribution in [3.63, 3.8) is 0 Å². The largest absolute Gasteiger partial charge is 0.465 e. The van der Waals surface area contributed by atoms with Gasteiger partial charge in [-0.2, -0.15) is 0 Å². The molecule has 0 N–H and O–H groups in total. The van der Waals surface area contributed by atoms with Crippen molar-refractivity contribution in [3.05, 3.63) is 72.3 Å². The van der Waals surface area contributed by atoms with Crippen molar-refractivity contribution in [2.24, 2.45) is 0 Å². The molecule has 4 rings (SSSR count). The molecule has 0 radical (unpaired) electrons. The monoisotopic (exact) mass is 394 g/mol. The third-order valence-corrected chi connectivity index (χ3v) is 5.23. The van der Waals surface area contributed by atoms with E-state index in [-0.39, 0.29) is 12.3 Å². The zero-order valence-electron chi connectivity index (χ0n) is 17.1. The number of carbonyl (C=O) groups excluding carboxylic acids is 1. The third-order valence-electron chi connectivity index (χ3n) is 5.23. The van der Waals surface area contributed by atoms with E-state index < -0.39 is 0 Å². The molecule has 0 aromatic heterocycles. The van der Waals surface area contributed by atoms with Crippen LogP contribution in [0.3, 0.4) is 0 Å². The molecule has 4 nitrogen and oxygen atoms in total. The summed E-state index contributed by atoms with van der Waals surface area (Å²) in [6.07, 6.45) is 7.29. The Bertz CT molecular complexity index is 776. The van der Waals surface area contributed by atoms with E-state index in [1.165, 1.54) is 25.5 Å². The molecule has 154 valence electrons. The molecular weight excluding hydrogens is 364 g/mol. The van der Waals surface area contributed by atoms with Crippen LogP contribution in [0.15, 0.2) is 66.7 Å². The molecule has 4 heteroatoms. The van der Waals surface area contributed by atoms with E-state index in [1.54, 1.807) is 12.1 Å². The zero-order chi connectivity index (χ0) is 20.5. The highest BCUT2D eigenvalue weighted by Gasteiger charge is 2.23. The molecule has 1 saturated carbocycles. The standard InChI is InChI=1S/C14H12O2.C11H18O2/c1-16-14(15)13-9-7-12(8-10-13)11-5-3-2-4-6-11;1-9-5-6-10(8-9)13-11-4-2-3-7-12-11/h2-10H,1H3;10-11H,1-8H2/t;10-,11?/m.0/s1. The lowest BCUT2D eigenvalue weighted by molar-refractivity contribution is -0.185. The van der Waals surface area contributed by atoms with Crippen LogP contribution < -0.4 is 0 Å². The van der Waals surface area contributed by atoms with Gasteiger partial charge in [0.25, 0.3) is 0 Å². The van der Waals surface area contributed by atoms with Crippen molar-refractivity contribution in [1.82, 2.24) is 0 Å². The normalized spacial score (nSPS) is 21.2. The Morgan fingerprint density at radius 1 is 1.00 bits per heavy atom. The van der Waals surface area contributed by atoms with Crippen LogP contribution in [0.2, 0.25) is 0 Å². The van der Waals surface area contributed by atoms with Gasteiger partial charge in [0, 0.05) is 6.61 Å². The van der Waals surface area contributed by atoms with E-state index in [9.17, 15) is 4.79 Å². The molecule has 2 aromatic rings. The second-order valence-electron chi connectivity index (χ2n) is 7.48. The Labute approximate surface area is 173 Å². The van der Waals surface area contributed by atoms with Gasteiger partial charge in [0.1, 0.15) is 0 Å². The highest BCUT2D eigenvalue weighted by molar-refractivity contribution is 5.89. The number of ether oxygens (including phenoxy) is 3. The fraction of sp³-hybridized carbons (Fsp3) is 0.400. The smallest absolute Gasteiger partial charge is 0.337 e. The average molecular weight is 395 g/mol. The van der Waals surface area contributed by atoms with Crippen LogP contribution in [0.25, 0.3) is 11.1 Å². The number of esters is 1. The lowest BCUT2D eigenvalue weighted by Crippen LogP contribution is -2.26. The lowest BCUT2D eigenvalue weighted by Gasteiger charge is -2.25. The Morgan fingerprint density at radius 2 is 1.72 bits per heavy atom. The van der Waals surface area contributed by atoms with E-state index in [0.29, 0.717) is 11.7 Å². The SMILES string of the molecule is C=C1CC[C@H](OC2CCCCO2)C1.COC(=O)c1ccc(-c2ccccc2)cc1. The fourth-order valence-corrected chi connectivity index (χ4v) is 3.59. The first-order chi connectivity index (χ1) is 14.2. The first kappa shape index (κ1) is 21.3. The van der Waals surface area contributed by atoms with Crippen molar-refractivity contribution >= 4 is 5.97 Å². The maximum absolute atomic E-state index is 11.2. The Morgan fingerprint density at radius 3 is 2.31 bits per heavy atom. The van der Waals surface area contributed by atoms with Crippen molar-refractivity contribution in [2.45, 2.75) is 50.9 Å². The van der Waals surface area contributed by atoms with Crippen molar-refractivity contribution in [3.8, 4) is 11.1 Å². The summed E-state index contributed by atoms with van der Waals surface area (Å²) < 4.78 is 16.0. The summed E-state index contributed by atoms with van der Waals surface area (Å²) in [5, 5.41) is 0. The number of hydrogen-bond donors (Lipinski definition) is 0. The maximum Gasteiger partial charge on any atom is 0.337 e. The van der Waals surface area contributed by atoms with Gasteiger partial charge in [-0.15, -0.1) is 0 Å². The molecule has 1 unspecified atom stereocenters. The molecule has 0 bridgehead atoms. The first-order valence-corrected chi connectivity index (χ1v) is 10.3. The first-order valence-electron chi connectivity index (χ1n) is 10.3. The lowest BCUT2D eigenvalue weighted by atomic mass is 10.0. The van der Waals surface area contributed by atoms with Gasteiger partial charge in [0.15, 0.2) is 6.29 Å². The minimum atomic E-state index is -0.306. The van der Waals surface area contributed by atoms with Gasteiger partial charge in [0.05, 0.1) is 18.8 Å². The molecule has 0 amide bonds. The van der Waals surface area contributed by atoms with Crippen LogP contribution >= 0.6 is 0 Å². The predicted octanol–water partition coefficient (Wildman–Crippen LogP) is 5.78. The van der Waals surface area contributed by atoms with Gasteiger partial charge < -0.3 is 14.2 Å². The zero-order valence-corrected chi connectivity index (χ0v) is 17.1. The van der Waals surface area contributed by atoms with E-state index in [4.69, 9.17) is 9.47 Å². The highest BCUT2D eigenvalue weighted by atomic mass is 16.7. The van der Waals surface area contributed by atoms with Crippen molar-refractivity contribution in [2.75, 3.05) is 13.7 Å². The molecule has 2 atom stereocenters. The third kappa shape index (κ3) is 6.55. The van der Waals surface area contributed by atoms with Crippen LogP contribution in [0, 0.1) is 0 Å². The summed E-state index contributed by atoms with van der Waals surface area (Å²) in [7, 11) is 1.38. The summed E-state index contributed by atoms with van der Waals surface area (Å²) in [4.78, 5) is 11.2.